The van der Waals surface area contributed by atoms with Gasteiger partial charge in [-0.1, -0.05) is 19.8 Å². The molecule has 0 spiro atoms. The van der Waals surface area contributed by atoms with Gasteiger partial charge in [0.15, 0.2) is 0 Å². The first-order chi connectivity index (χ1) is 6.79. The molecule has 3 unspecified atom stereocenters. The molecule has 0 aromatic heterocycles. The molecule has 0 radical (unpaired) electrons. The van der Waals surface area contributed by atoms with Crippen molar-refractivity contribution < 1.29 is 4.74 Å². The first-order valence-electron chi connectivity index (χ1n) is 5.85. The molecule has 1 aliphatic heterocycles. The molecule has 0 amide bonds. The maximum atomic E-state index is 6.30. The Bertz CT molecular complexity index is 224. The molecule has 2 N–H and O–H groups in total. The molecule has 1 aliphatic carbocycles. The lowest BCUT2D eigenvalue weighted by molar-refractivity contribution is 0.215. The Kier molecular flexibility index (Phi) is 3.12. The second-order valence-electron chi connectivity index (χ2n) is 4.76. The molecule has 2 nitrogen and oxygen atoms in total. The van der Waals surface area contributed by atoms with Gasteiger partial charge in [0.05, 0.1) is 12.9 Å². The summed E-state index contributed by atoms with van der Waals surface area (Å²) in [7, 11) is 0. The largest absolute Gasteiger partial charge is 0.501 e. The summed E-state index contributed by atoms with van der Waals surface area (Å²) >= 11 is 0. The van der Waals surface area contributed by atoms with Crippen molar-refractivity contribution >= 4 is 0 Å². The number of hydrogen-bond acceptors (Lipinski definition) is 2. The van der Waals surface area contributed by atoms with Crippen LogP contribution in [0.5, 0.6) is 0 Å². The molecule has 0 saturated heterocycles. The minimum atomic E-state index is 0.257. The summed E-state index contributed by atoms with van der Waals surface area (Å²) in [5.74, 6) is 1.50. The normalized spacial score (nSPS) is 34.9. The highest BCUT2D eigenvalue weighted by Gasteiger charge is 2.31. The average molecular weight is 195 g/mol. The minimum Gasteiger partial charge on any atom is -0.501 e. The van der Waals surface area contributed by atoms with Gasteiger partial charge < -0.3 is 10.5 Å². The van der Waals surface area contributed by atoms with E-state index in [9.17, 15) is 0 Å². The second-order valence-corrected chi connectivity index (χ2v) is 4.76. The zero-order chi connectivity index (χ0) is 9.97. The summed E-state index contributed by atoms with van der Waals surface area (Å²) in [6.07, 6.45) is 8.21. The summed E-state index contributed by atoms with van der Waals surface area (Å²) in [6, 6.07) is 0.257. The van der Waals surface area contributed by atoms with Crippen LogP contribution in [0, 0.1) is 11.8 Å². The van der Waals surface area contributed by atoms with E-state index in [4.69, 9.17) is 10.5 Å². The third-order valence-electron chi connectivity index (χ3n) is 3.78. The molecule has 1 heterocycles. The van der Waals surface area contributed by atoms with Crippen molar-refractivity contribution in [1.82, 2.24) is 0 Å². The van der Waals surface area contributed by atoms with Gasteiger partial charge in [0.2, 0.25) is 0 Å². The van der Waals surface area contributed by atoms with Crippen molar-refractivity contribution in [3.8, 4) is 0 Å². The molecular formula is C12H21NO. The van der Waals surface area contributed by atoms with Crippen LogP contribution in [-0.2, 0) is 4.74 Å². The summed E-state index contributed by atoms with van der Waals surface area (Å²) < 4.78 is 5.36. The summed E-state index contributed by atoms with van der Waals surface area (Å²) in [5.41, 5.74) is 7.64. The van der Waals surface area contributed by atoms with Crippen molar-refractivity contribution in [3.05, 3.63) is 11.8 Å². The van der Waals surface area contributed by atoms with Gasteiger partial charge in [0.25, 0.3) is 0 Å². The fraction of sp³-hybridized carbons (Fsp3) is 0.833. The Morgan fingerprint density at radius 3 is 2.86 bits per heavy atom. The van der Waals surface area contributed by atoms with Crippen LogP contribution >= 0.6 is 0 Å². The highest BCUT2D eigenvalue weighted by atomic mass is 16.5. The first-order valence-corrected chi connectivity index (χ1v) is 5.85. The Balaban J connectivity index is 1.99. The Morgan fingerprint density at radius 2 is 2.29 bits per heavy atom. The van der Waals surface area contributed by atoms with Crippen molar-refractivity contribution in [2.75, 3.05) is 6.61 Å². The SMILES string of the molecule is CC1CCCC1C(N)C1=COCCC1. The highest BCUT2D eigenvalue weighted by molar-refractivity contribution is 5.12. The highest BCUT2D eigenvalue weighted by Crippen LogP contribution is 2.36. The van der Waals surface area contributed by atoms with Gasteiger partial charge in [0.1, 0.15) is 0 Å². The number of ether oxygens (including phenoxy) is 1. The molecular weight excluding hydrogens is 174 g/mol. The number of rotatable bonds is 2. The molecule has 3 atom stereocenters. The lowest BCUT2D eigenvalue weighted by Crippen LogP contribution is -2.34. The van der Waals surface area contributed by atoms with Crippen LogP contribution in [0.15, 0.2) is 11.8 Å². The molecule has 2 aliphatic rings. The van der Waals surface area contributed by atoms with E-state index >= 15 is 0 Å². The van der Waals surface area contributed by atoms with Crippen molar-refractivity contribution in [3.63, 3.8) is 0 Å². The molecule has 0 aromatic rings. The molecule has 2 heteroatoms. The van der Waals surface area contributed by atoms with E-state index in [0.717, 1.165) is 25.4 Å². The van der Waals surface area contributed by atoms with Crippen molar-refractivity contribution in [2.24, 2.45) is 17.6 Å². The van der Waals surface area contributed by atoms with Gasteiger partial charge >= 0.3 is 0 Å². The van der Waals surface area contributed by atoms with Crippen LogP contribution < -0.4 is 5.73 Å². The van der Waals surface area contributed by atoms with Crippen molar-refractivity contribution in [1.29, 1.82) is 0 Å². The first kappa shape index (κ1) is 10.0. The Morgan fingerprint density at radius 1 is 1.43 bits per heavy atom. The monoisotopic (exact) mass is 195 g/mol. The van der Waals surface area contributed by atoms with E-state index in [2.05, 4.69) is 6.92 Å². The standard InChI is InChI=1S/C12H21NO/c1-9-4-2-6-11(9)12(13)10-5-3-7-14-8-10/h8-9,11-12H,2-7,13H2,1H3. The molecule has 1 saturated carbocycles. The van der Waals surface area contributed by atoms with Crippen LogP contribution in [0.4, 0.5) is 0 Å². The maximum Gasteiger partial charge on any atom is 0.0876 e. The predicted molar refractivity (Wildman–Crippen MR) is 57.7 cm³/mol. The minimum absolute atomic E-state index is 0.257. The number of hydrogen-bond donors (Lipinski definition) is 1. The topological polar surface area (TPSA) is 35.2 Å². The third-order valence-corrected chi connectivity index (χ3v) is 3.78. The van der Waals surface area contributed by atoms with E-state index in [1.165, 1.54) is 24.8 Å². The van der Waals surface area contributed by atoms with Gasteiger partial charge in [-0.15, -0.1) is 0 Å². The van der Waals surface area contributed by atoms with Gasteiger partial charge in [-0.2, -0.15) is 0 Å². The number of nitrogens with two attached hydrogens (primary N) is 1. The van der Waals surface area contributed by atoms with Crippen molar-refractivity contribution in [2.45, 2.75) is 45.1 Å². The average Bonchev–Trinajstić information content (AvgIpc) is 2.65. The van der Waals surface area contributed by atoms with E-state index in [1.807, 2.05) is 6.26 Å². The second kappa shape index (κ2) is 4.35. The fourth-order valence-electron chi connectivity index (χ4n) is 2.81. The zero-order valence-corrected chi connectivity index (χ0v) is 9.04. The molecule has 0 bridgehead atoms. The summed E-state index contributed by atoms with van der Waals surface area (Å²) in [5, 5.41) is 0. The third kappa shape index (κ3) is 1.95. The van der Waals surface area contributed by atoms with Gasteiger partial charge in [-0.3, -0.25) is 0 Å². The van der Waals surface area contributed by atoms with Crippen LogP contribution in [-0.4, -0.2) is 12.6 Å². The zero-order valence-electron chi connectivity index (χ0n) is 9.04. The smallest absolute Gasteiger partial charge is 0.0876 e. The fourth-order valence-corrected chi connectivity index (χ4v) is 2.81. The van der Waals surface area contributed by atoms with Crippen LogP contribution in [0.25, 0.3) is 0 Å². The Labute approximate surface area is 86.5 Å². The molecule has 2 rings (SSSR count). The molecule has 14 heavy (non-hydrogen) atoms. The van der Waals surface area contributed by atoms with E-state index in [1.54, 1.807) is 0 Å². The summed E-state index contributed by atoms with van der Waals surface area (Å²) in [4.78, 5) is 0. The van der Waals surface area contributed by atoms with Crippen LogP contribution in [0.1, 0.15) is 39.0 Å². The summed E-state index contributed by atoms with van der Waals surface area (Å²) in [6.45, 7) is 3.21. The lowest BCUT2D eigenvalue weighted by atomic mass is 9.85. The predicted octanol–water partition coefficient (Wildman–Crippen LogP) is 2.44. The van der Waals surface area contributed by atoms with E-state index in [-0.39, 0.29) is 6.04 Å². The lowest BCUT2D eigenvalue weighted by Gasteiger charge is -2.27. The van der Waals surface area contributed by atoms with Crippen LogP contribution in [0.3, 0.4) is 0 Å². The quantitative estimate of drug-likeness (QED) is 0.734. The molecule has 0 aromatic carbocycles. The molecule has 80 valence electrons. The van der Waals surface area contributed by atoms with Gasteiger partial charge in [-0.05, 0) is 36.7 Å². The van der Waals surface area contributed by atoms with E-state index in [0.29, 0.717) is 5.92 Å². The van der Waals surface area contributed by atoms with Gasteiger partial charge in [0, 0.05) is 6.04 Å². The van der Waals surface area contributed by atoms with Gasteiger partial charge in [-0.25, -0.2) is 0 Å². The Hall–Kier alpha value is -0.500. The maximum absolute atomic E-state index is 6.30. The molecule has 1 fully saturated rings. The van der Waals surface area contributed by atoms with Crippen LogP contribution in [0.2, 0.25) is 0 Å². The van der Waals surface area contributed by atoms with E-state index < -0.39 is 0 Å².